The second-order valence-electron chi connectivity index (χ2n) is 6.78. The lowest BCUT2D eigenvalue weighted by atomic mass is 10.1. The van der Waals surface area contributed by atoms with Gasteiger partial charge in [0.05, 0.1) is 11.4 Å². The van der Waals surface area contributed by atoms with E-state index in [-0.39, 0.29) is 17.2 Å². The van der Waals surface area contributed by atoms with E-state index in [0.717, 1.165) is 11.1 Å². The highest BCUT2D eigenvalue weighted by atomic mass is 35.5. The molecule has 3 rings (SSSR count). The number of likely N-dealkylation sites (N-methyl/N-ethyl adjacent to an activating group) is 1. The van der Waals surface area contributed by atoms with E-state index in [1.807, 2.05) is 43.3 Å². The van der Waals surface area contributed by atoms with Crippen LogP contribution in [0.2, 0.25) is 10.0 Å². The minimum Gasteiger partial charge on any atom is -0.451 e. The fourth-order valence-corrected chi connectivity index (χ4v) is 3.41. The van der Waals surface area contributed by atoms with Gasteiger partial charge in [0, 0.05) is 22.7 Å². The third-order valence-electron chi connectivity index (χ3n) is 4.58. The fourth-order valence-electron chi connectivity index (χ4n) is 2.98. The Bertz CT molecular complexity index is 1090. The molecule has 1 heterocycles. The number of nitrogens with zero attached hydrogens (tertiary/aromatic N) is 1. The summed E-state index contributed by atoms with van der Waals surface area (Å²) in [5.74, 6) is -0.513. The molecular weight excluding hydrogens is 399 g/mol. The first-order valence-electron chi connectivity index (χ1n) is 8.71. The molecule has 0 aliphatic rings. The van der Waals surface area contributed by atoms with E-state index in [2.05, 4.69) is 5.32 Å². The molecule has 0 aliphatic carbocycles. The number of aryl methyl sites for hydroxylation is 1. The molecule has 1 amide bonds. The molecule has 0 radical (unpaired) electrons. The van der Waals surface area contributed by atoms with Gasteiger partial charge in [-0.05, 0) is 50.3 Å². The maximum absolute atomic E-state index is 12.6. The van der Waals surface area contributed by atoms with Gasteiger partial charge in [-0.3, -0.25) is 9.59 Å². The summed E-state index contributed by atoms with van der Waals surface area (Å²) in [5, 5.41) is 4.27. The quantitative estimate of drug-likeness (QED) is 0.664. The van der Waals surface area contributed by atoms with Crippen molar-refractivity contribution in [2.75, 3.05) is 20.6 Å². The van der Waals surface area contributed by atoms with Crippen LogP contribution in [0.25, 0.3) is 11.0 Å². The summed E-state index contributed by atoms with van der Waals surface area (Å²) in [5.41, 5.74) is 1.68. The van der Waals surface area contributed by atoms with Crippen molar-refractivity contribution in [1.29, 1.82) is 0 Å². The number of benzene rings is 2. The number of rotatable bonds is 5. The monoisotopic (exact) mass is 418 g/mol. The maximum atomic E-state index is 12.6. The van der Waals surface area contributed by atoms with E-state index >= 15 is 0 Å². The summed E-state index contributed by atoms with van der Waals surface area (Å²) in [6.45, 7) is 2.11. The largest absolute Gasteiger partial charge is 0.451 e. The second-order valence-corrected chi connectivity index (χ2v) is 7.60. The molecule has 1 aromatic heterocycles. The van der Waals surface area contributed by atoms with Crippen LogP contribution in [0.4, 0.5) is 0 Å². The first-order chi connectivity index (χ1) is 13.3. The number of hydrogen-bond donors (Lipinski definition) is 1. The molecular formula is C21H20Cl2N2O3. The molecule has 0 spiro atoms. The standard InChI is InChI=1S/C21H20Cl2N2O3/c1-12-8-19-14(9-16(12)23)18(26)10-20(28-19)21(27)24-11-17(25(2)3)13-6-4-5-7-15(13)22/h4-10,17H,11H2,1-3H3,(H,24,27)/t17-/m0/s1. The van der Waals surface area contributed by atoms with Crippen LogP contribution >= 0.6 is 23.2 Å². The molecule has 1 atom stereocenters. The Labute approximate surface area is 172 Å². The SMILES string of the molecule is Cc1cc2oc(C(=O)NC[C@@H](c3ccccc3Cl)N(C)C)cc(=O)c2cc1Cl. The smallest absolute Gasteiger partial charge is 0.287 e. The van der Waals surface area contributed by atoms with Gasteiger partial charge in [-0.25, -0.2) is 0 Å². The molecule has 2 aromatic carbocycles. The lowest BCUT2D eigenvalue weighted by Gasteiger charge is -2.25. The van der Waals surface area contributed by atoms with Crippen LogP contribution in [0.3, 0.4) is 0 Å². The van der Waals surface area contributed by atoms with E-state index in [1.165, 1.54) is 6.07 Å². The van der Waals surface area contributed by atoms with Crippen molar-refractivity contribution in [2.24, 2.45) is 0 Å². The van der Waals surface area contributed by atoms with Crippen molar-refractivity contribution in [3.05, 3.63) is 79.6 Å². The van der Waals surface area contributed by atoms with Gasteiger partial charge in [0.25, 0.3) is 5.91 Å². The molecule has 1 N–H and O–H groups in total. The van der Waals surface area contributed by atoms with Crippen molar-refractivity contribution in [2.45, 2.75) is 13.0 Å². The molecule has 28 heavy (non-hydrogen) atoms. The molecule has 0 unspecified atom stereocenters. The molecule has 0 bridgehead atoms. The van der Waals surface area contributed by atoms with Crippen LogP contribution in [-0.2, 0) is 0 Å². The summed E-state index contributed by atoms with van der Waals surface area (Å²) in [6, 6.07) is 11.7. The molecule has 5 nitrogen and oxygen atoms in total. The Morgan fingerprint density at radius 3 is 2.54 bits per heavy atom. The minimum atomic E-state index is -0.467. The Kier molecular flexibility index (Phi) is 6.08. The zero-order chi connectivity index (χ0) is 20.4. The molecule has 0 saturated carbocycles. The van der Waals surface area contributed by atoms with Gasteiger partial charge in [-0.1, -0.05) is 41.4 Å². The van der Waals surface area contributed by atoms with E-state index in [4.69, 9.17) is 27.6 Å². The summed E-state index contributed by atoms with van der Waals surface area (Å²) in [7, 11) is 3.81. The average molecular weight is 419 g/mol. The number of fused-ring (bicyclic) bond motifs is 1. The Morgan fingerprint density at radius 1 is 1.14 bits per heavy atom. The van der Waals surface area contributed by atoms with Crippen LogP contribution in [0.15, 0.2) is 51.7 Å². The van der Waals surface area contributed by atoms with Crippen molar-refractivity contribution in [1.82, 2.24) is 10.2 Å². The Balaban J connectivity index is 1.85. The highest BCUT2D eigenvalue weighted by Gasteiger charge is 2.20. The van der Waals surface area contributed by atoms with Crippen LogP contribution < -0.4 is 10.7 Å². The third-order valence-corrected chi connectivity index (χ3v) is 5.33. The molecule has 0 saturated heterocycles. The van der Waals surface area contributed by atoms with E-state index in [0.29, 0.717) is 27.6 Å². The van der Waals surface area contributed by atoms with Gasteiger partial charge in [-0.15, -0.1) is 0 Å². The average Bonchev–Trinajstić information content (AvgIpc) is 2.64. The third kappa shape index (κ3) is 4.22. The van der Waals surface area contributed by atoms with Crippen LogP contribution in [0.1, 0.15) is 27.7 Å². The second kappa shape index (κ2) is 8.35. The molecule has 0 aliphatic heterocycles. The summed E-state index contributed by atoms with van der Waals surface area (Å²) < 4.78 is 5.65. The first-order valence-corrected chi connectivity index (χ1v) is 9.46. The number of amides is 1. The molecule has 146 valence electrons. The Hall–Kier alpha value is -2.34. The van der Waals surface area contributed by atoms with Gasteiger partial charge in [-0.2, -0.15) is 0 Å². The summed E-state index contributed by atoms with van der Waals surface area (Å²) >= 11 is 12.4. The van der Waals surface area contributed by atoms with Gasteiger partial charge in [0.15, 0.2) is 11.2 Å². The summed E-state index contributed by atoms with van der Waals surface area (Å²) in [4.78, 5) is 26.9. The van der Waals surface area contributed by atoms with Crippen LogP contribution in [0.5, 0.6) is 0 Å². The molecule has 0 fully saturated rings. The van der Waals surface area contributed by atoms with Crippen molar-refractivity contribution in [3.8, 4) is 0 Å². The highest BCUT2D eigenvalue weighted by Crippen LogP contribution is 2.26. The predicted molar refractivity (Wildman–Crippen MR) is 112 cm³/mol. The number of hydrogen-bond acceptors (Lipinski definition) is 4. The van der Waals surface area contributed by atoms with Crippen LogP contribution in [0, 0.1) is 6.92 Å². The van der Waals surface area contributed by atoms with Gasteiger partial charge < -0.3 is 14.6 Å². The van der Waals surface area contributed by atoms with Gasteiger partial charge in [0.1, 0.15) is 5.58 Å². The zero-order valence-corrected chi connectivity index (χ0v) is 17.3. The first kappa shape index (κ1) is 20.4. The van der Waals surface area contributed by atoms with E-state index in [1.54, 1.807) is 19.1 Å². The van der Waals surface area contributed by atoms with Crippen LogP contribution in [-0.4, -0.2) is 31.4 Å². The van der Waals surface area contributed by atoms with E-state index in [9.17, 15) is 9.59 Å². The molecule has 3 aromatic rings. The number of nitrogens with one attached hydrogen (secondary N) is 1. The highest BCUT2D eigenvalue weighted by molar-refractivity contribution is 6.32. The lowest BCUT2D eigenvalue weighted by molar-refractivity contribution is 0.0914. The summed E-state index contributed by atoms with van der Waals surface area (Å²) in [6.07, 6.45) is 0. The van der Waals surface area contributed by atoms with Gasteiger partial charge >= 0.3 is 0 Å². The maximum Gasteiger partial charge on any atom is 0.287 e. The number of halogens is 2. The van der Waals surface area contributed by atoms with Crippen molar-refractivity contribution in [3.63, 3.8) is 0 Å². The lowest BCUT2D eigenvalue weighted by Crippen LogP contribution is -2.35. The van der Waals surface area contributed by atoms with Gasteiger partial charge in [0.2, 0.25) is 0 Å². The van der Waals surface area contributed by atoms with Crippen molar-refractivity contribution >= 4 is 40.1 Å². The molecule has 7 heteroatoms. The Morgan fingerprint density at radius 2 is 1.86 bits per heavy atom. The number of carbonyl (C=O) groups is 1. The fraction of sp³-hybridized carbons (Fsp3) is 0.238. The topological polar surface area (TPSA) is 62.6 Å². The normalized spacial score (nSPS) is 12.4. The zero-order valence-electron chi connectivity index (χ0n) is 15.8. The van der Waals surface area contributed by atoms with E-state index < -0.39 is 5.91 Å². The van der Waals surface area contributed by atoms with Crippen molar-refractivity contribution < 1.29 is 9.21 Å². The minimum absolute atomic E-state index is 0.0455. The predicted octanol–water partition coefficient (Wildman–Crippen LogP) is 4.44. The number of carbonyl (C=O) groups excluding carboxylic acids is 1.